The molecule has 0 heterocycles. The van der Waals surface area contributed by atoms with Crippen LogP contribution in [0.3, 0.4) is 0 Å². The Bertz CT molecular complexity index is 827. The molecule has 5 unspecified atom stereocenters. The van der Waals surface area contributed by atoms with Crippen molar-refractivity contribution in [3.05, 3.63) is 65.1 Å². The maximum Gasteiger partial charge on any atom is 0.192 e. The van der Waals surface area contributed by atoms with E-state index < -0.39 is 8.32 Å². The number of hydrogen-bond acceptors (Lipinski definition) is 4. The van der Waals surface area contributed by atoms with E-state index in [1.807, 2.05) is 30.3 Å². The first-order valence-corrected chi connectivity index (χ1v) is 15.0. The molecule has 1 aromatic rings. The summed E-state index contributed by atoms with van der Waals surface area (Å²) >= 11 is 0. The molecule has 1 rings (SSSR count). The molecule has 0 aliphatic rings. The second-order valence-electron chi connectivity index (χ2n) is 10.7. The summed E-state index contributed by atoms with van der Waals surface area (Å²) in [6.07, 6.45) is 5.68. The van der Waals surface area contributed by atoms with Crippen LogP contribution < -0.4 is 4.74 Å². The molecule has 0 N–H and O–H groups in total. The van der Waals surface area contributed by atoms with E-state index in [0.29, 0.717) is 13.2 Å². The van der Waals surface area contributed by atoms with Crippen LogP contribution in [0.5, 0.6) is 5.75 Å². The molecule has 5 atom stereocenters. The first-order valence-electron chi connectivity index (χ1n) is 12.1. The van der Waals surface area contributed by atoms with E-state index in [0.717, 1.165) is 11.3 Å². The van der Waals surface area contributed by atoms with E-state index in [4.69, 9.17) is 19.4 Å². The van der Waals surface area contributed by atoms with Gasteiger partial charge < -0.3 is 13.9 Å². The van der Waals surface area contributed by atoms with Crippen LogP contribution in [0.25, 0.3) is 10.4 Å². The summed E-state index contributed by atoms with van der Waals surface area (Å²) in [7, 11) is -0.411. The van der Waals surface area contributed by atoms with Crippen LogP contribution >= 0.6 is 0 Å². The van der Waals surface area contributed by atoms with Crippen LogP contribution in [0.2, 0.25) is 18.1 Å². The lowest BCUT2D eigenvalue weighted by Gasteiger charge is -2.44. The third kappa shape index (κ3) is 8.95. The van der Waals surface area contributed by atoms with Crippen molar-refractivity contribution in [1.82, 2.24) is 0 Å². The fourth-order valence-corrected chi connectivity index (χ4v) is 5.26. The normalized spacial score (nSPS) is 16.9. The van der Waals surface area contributed by atoms with Crippen LogP contribution in [0.4, 0.5) is 0 Å². The zero-order valence-corrected chi connectivity index (χ0v) is 23.6. The molecule has 190 valence electrons. The number of ether oxygens (including phenoxy) is 2. The van der Waals surface area contributed by atoms with Crippen LogP contribution in [-0.4, -0.2) is 34.2 Å². The summed E-state index contributed by atoms with van der Waals surface area (Å²) in [6.45, 7) is 22.4. The molecule has 0 saturated heterocycles. The fourth-order valence-electron chi connectivity index (χ4n) is 3.77. The lowest BCUT2D eigenvalue weighted by atomic mass is 9.84. The predicted molar refractivity (Wildman–Crippen MR) is 144 cm³/mol. The van der Waals surface area contributed by atoms with Gasteiger partial charge in [-0.2, -0.15) is 0 Å². The number of azide groups is 1. The van der Waals surface area contributed by atoms with Crippen LogP contribution in [0.15, 0.2) is 54.2 Å². The summed E-state index contributed by atoms with van der Waals surface area (Å²) in [5.41, 5.74) is 10.00. The highest BCUT2D eigenvalue weighted by atomic mass is 28.4. The average molecular weight is 488 g/mol. The molecule has 0 fully saturated rings. The number of hydrogen-bond donors (Lipinski definition) is 0. The van der Waals surface area contributed by atoms with Crippen molar-refractivity contribution in [2.75, 3.05) is 13.7 Å². The minimum Gasteiger partial charge on any atom is -0.497 e. The molecule has 0 aliphatic carbocycles. The monoisotopic (exact) mass is 487 g/mol. The summed E-state index contributed by atoms with van der Waals surface area (Å²) in [4.78, 5) is 2.99. The standard InChI is InChI=1S/C27H45N3O3Si/c1-11-12-13-20(2)25(32-19-23-14-16-24(31-8)17-15-23)22(4)26(21(3)18-29-30-28)33-34(9,10)27(5,6)7/h11-17,20-22,25-26H,1,18-19H2,2-10H3/b13-12-. The lowest BCUT2D eigenvalue weighted by molar-refractivity contribution is -0.0635. The average Bonchev–Trinajstić information content (AvgIpc) is 2.79. The molecule has 6 nitrogen and oxygen atoms in total. The Labute approximate surface area is 208 Å². The van der Waals surface area contributed by atoms with Crippen LogP contribution in [0, 0.1) is 17.8 Å². The van der Waals surface area contributed by atoms with Gasteiger partial charge in [-0.05, 0) is 47.3 Å². The van der Waals surface area contributed by atoms with Gasteiger partial charge in [-0.1, -0.05) is 83.6 Å². The molecule has 0 bridgehead atoms. The summed E-state index contributed by atoms with van der Waals surface area (Å²) in [5.74, 6) is 1.09. The zero-order valence-electron chi connectivity index (χ0n) is 22.6. The predicted octanol–water partition coefficient (Wildman–Crippen LogP) is 7.93. The van der Waals surface area contributed by atoms with Crippen molar-refractivity contribution in [2.45, 2.75) is 78.5 Å². The van der Waals surface area contributed by atoms with Gasteiger partial charge in [-0.3, -0.25) is 0 Å². The molecule has 34 heavy (non-hydrogen) atoms. The van der Waals surface area contributed by atoms with E-state index in [9.17, 15) is 0 Å². The van der Waals surface area contributed by atoms with Gasteiger partial charge in [-0.25, -0.2) is 0 Å². The third-order valence-electron chi connectivity index (χ3n) is 6.94. The lowest BCUT2D eigenvalue weighted by Crippen LogP contribution is -2.50. The second-order valence-corrected chi connectivity index (χ2v) is 15.5. The molecule has 0 aliphatic heterocycles. The largest absolute Gasteiger partial charge is 0.497 e. The Morgan fingerprint density at radius 2 is 1.74 bits per heavy atom. The van der Waals surface area contributed by atoms with Crippen molar-refractivity contribution in [1.29, 1.82) is 0 Å². The minimum absolute atomic E-state index is 0.0581. The number of allylic oxidation sites excluding steroid dienone is 2. The van der Waals surface area contributed by atoms with Crippen molar-refractivity contribution in [3.8, 4) is 5.75 Å². The van der Waals surface area contributed by atoms with Crippen molar-refractivity contribution >= 4 is 8.32 Å². The summed E-state index contributed by atoms with van der Waals surface area (Å²) in [6, 6.07) is 7.95. The van der Waals surface area contributed by atoms with Gasteiger partial charge in [0.05, 0.1) is 25.9 Å². The van der Waals surface area contributed by atoms with Crippen molar-refractivity contribution in [2.24, 2.45) is 22.9 Å². The minimum atomic E-state index is -2.07. The van der Waals surface area contributed by atoms with Gasteiger partial charge in [0.1, 0.15) is 5.75 Å². The highest BCUT2D eigenvalue weighted by molar-refractivity contribution is 6.74. The molecular formula is C27H45N3O3Si. The van der Waals surface area contributed by atoms with Crippen LogP contribution in [-0.2, 0) is 15.8 Å². The van der Waals surface area contributed by atoms with Crippen LogP contribution in [0.1, 0.15) is 47.1 Å². The maximum atomic E-state index is 8.91. The summed E-state index contributed by atoms with van der Waals surface area (Å²) in [5, 5.41) is 3.93. The smallest absolute Gasteiger partial charge is 0.192 e. The second kappa shape index (κ2) is 13.7. The number of nitrogens with zero attached hydrogens (tertiary/aromatic N) is 3. The topological polar surface area (TPSA) is 76.5 Å². The highest BCUT2D eigenvalue weighted by Gasteiger charge is 2.43. The van der Waals surface area contributed by atoms with Gasteiger partial charge in [0.2, 0.25) is 0 Å². The van der Waals surface area contributed by atoms with E-state index in [1.165, 1.54) is 0 Å². The quantitative estimate of drug-likeness (QED) is 0.0878. The molecule has 0 aromatic heterocycles. The van der Waals surface area contributed by atoms with Gasteiger partial charge in [0.15, 0.2) is 8.32 Å². The third-order valence-corrected chi connectivity index (χ3v) is 11.4. The number of benzene rings is 1. The van der Waals surface area contributed by atoms with E-state index in [-0.39, 0.29) is 35.0 Å². The zero-order chi connectivity index (χ0) is 25.9. The Morgan fingerprint density at radius 1 is 1.12 bits per heavy atom. The first kappa shape index (κ1) is 30.0. The Kier molecular flexibility index (Phi) is 12.1. The van der Waals surface area contributed by atoms with E-state index in [2.05, 4.69) is 77.3 Å². The molecular weight excluding hydrogens is 442 g/mol. The van der Waals surface area contributed by atoms with E-state index in [1.54, 1.807) is 13.2 Å². The molecule has 1 aromatic carbocycles. The Hall–Kier alpha value is -2.05. The molecule has 0 spiro atoms. The molecule has 0 amide bonds. The van der Waals surface area contributed by atoms with Gasteiger partial charge in [-0.15, -0.1) is 0 Å². The molecule has 0 saturated carbocycles. The van der Waals surface area contributed by atoms with Gasteiger partial charge in [0.25, 0.3) is 0 Å². The first-order chi connectivity index (χ1) is 15.9. The van der Waals surface area contributed by atoms with Crippen molar-refractivity contribution < 1.29 is 13.9 Å². The number of rotatable bonds is 14. The summed E-state index contributed by atoms with van der Waals surface area (Å²) < 4.78 is 18.8. The van der Waals surface area contributed by atoms with Crippen molar-refractivity contribution in [3.63, 3.8) is 0 Å². The SMILES string of the molecule is C=C/C=C\C(C)C(OCc1ccc(OC)cc1)C(C)C(O[Si](C)(C)C(C)(C)C)C(C)CN=[N+]=[N-]. The molecule has 0 radical (unpaired) electrons. The van der Waals surface area contributed by atoms with Gasteiger partial charge in [0, 0.05) is 23.3 Å². The fraction of sp³-hybridized carbons (Fsp3) is 0.630. The van der Waals surface area contributed by atoms with Gasteiger partial charge >= 0.3 is 0 Å². The van der Waals surface area contributed by atoms with E-state index >= 15 is 0 Å². The Balaban J connectivity index is 3.27. The number of methoxy groups -OCH3 is 1. The Morgan fingerprint density at radius 3 is 2.24 bits per heavy atom. The molecule has 7 heteroatoms. The highest BCUT2D eigenvalue weighted by Crippen LogP contribution is 2.40. The maximum absolute atomic E-state index is 8.91.